The zero-order chi connectivity index (χ0) is 15.7. The van der Waals surface area contributed by atoms with Crippen molar-refractivity contribution in [3.8, 4) is 11.4 Å². The number of nitrogens with one attached hydrogen (secondary N) is 1. The Kier molecular flexibility index (Phi) is 4.17. The predicted octanol–water partition coefficient (Wildman–Crippen LogP) is 3.60. The highest BCUT2D eigenvalue weighted by Crippen LogP contribution is 2.28. The van der Waals surface area contributed by atoms with Crippen molar-refractivity contribution < 1.29 is 4.39 Å². The molecule has 0 radical (unpaired) electrons. The Balaban J connectivity index is 1.77. The maximum Gasteiger partial charge on any atom is 0.209 e. The number of halogens is 2. The number of rotatable bonds is 4. The minimum atomic E-state index is -0.332. The van der Waals surface area contributed by atoms with Crippen LogP contribution in [-0.2, 0) is 12.8 Å². The molecule has 22 heavy (non-hydrogen) atoms. The molecule has 1 N–H and O–H groups in total. The van der Waals surface area contributed by atoms with Gasteiger partial charge in [-0.1, -0.05) is 35.5 Å². The van der Waals surface area contributed by atoms with Gasteiger partial charge in [-0.15, -0.1) is 5.10 Å². The molecule has 114 valence electrons. The number of nitrogens with zero attached hydrogens (tertiary/aromatic N) is 4. The van der Waals surface area contributed by atoms with Gasteiger partial charge < -0.3 is 0 Å². The highest BCUT2D eigenvalue weighted by Gasteiger charge is 2.14. The van der Waals surface area contributed by atoms with Gasteiger partial charge in [0.15, 0.2) is 5.82 Å². The molecule has 3 aromatic rings. The Bertz CT molecular complexity index is 813. The highest BCUT2D eigenvalue weighted by atomic mass is 35.5. The number of hydrogen-bond acceptors (Lipinski definition) is 4. The van der Waals surface area contributed by atoms with Crippen LogP contribution in [0.4, 0.5) is 4.39 Å². The number of benzene rings is 1. The lowest BCUT2D eigenvalue weighted by molar-refractivity contribution is 0.630. The molecule has 0 saturated heterocycles. The molecule has 3 rings (SSSR count). The molecule has 5 nitrogen and oxygen atoms in total. The topological polar surface area (TPSA) is 59.4 Å². The van der Waals surface area contributed by atoms with E-state index in [9.17, 15) is 4.39 Å². The molecular formula is C14H13ClFN5S. The second-order valence-electron chi connectivity index (χ2n) is 4.71. The Morgan fingerprint density at radius 3 is 2.82 bits per heavy atom. The molecule has 0 fully saturated rings. The maximum atomic E-state index is 13.7. The van der Waals surface area contributed by atoms with Gasteiger partial charge in [0.25, 0.3) is 0 Å². The summed E-state index contributed by atoms with van der Waals surface area (Å²) in [6.45, 7) is 1.91. The second kappa shape index (κ2) is 6.10. The summed E-state index contributed by atoms with van der Waals surface area (Å²) in [5, 5.41) is 12.3. The van der Waals surface area contributed by atoms with Gasteiger partial charge in [0.2, 0.25) is 5.16 Å². The van der Waals surface area contributed by atoms with Gasteiger partial charge in [0.05, 0.1) is 11.3 Å². The maximum absolute atomic E-state index is 13.7. The Morgan fingerprint density at radius 1 is 1.36 bits per heavy atom. The fourth-order valence-corrected chi connectivity index (χ4v) is 3.26. The van der Waals surface area contributed by atoms with Gasteiger partial charge in [-0.2, -0.15) is 5.10 Å². The first-order valence-corrected chi connectivity index (χ1v) is 7.90. The summed E-state index contributed by atoms with van der Waals surface area (Å²) < 4.78 is 15.4. The summed E-state index contributed by atoms with van der Waals surface area (Å²) in [7, 11) is 1.80. The predicted molar refractivity (Wildman–Crippen MR) is 84.3 cm³/mol. The molecule has 0 spiro atoms. The van der Waals surface area contributed by atoms with Gasteiger partial charge in [0, 0.05) is 18.4 Å². The first kappa shape index (κ1) is 15.1. The number of H-pyrrole nitrogens is 1. The largest absolute Gasteiger partial charge is 0.258 e. The third-order valence-corrected chi connectivity index (χ3v) is 4.56. The molecule has 0 unspecified atom stereocenters. The molecule has 0 aliphatic heterocycles. The first-order valence-electron chi connectivity index (χ1n) is 6.54. The van der Waals surface area contributed by atoms with E-state index in [4.69, 9.17) is 11.6 Å². The monoisotopic (exact) mass is 337 g/mol. The summed E-state index contributed by atoms with van der Waals surface area (Å²) in [5.41, 5.74) is 2.23. The van der Waals surface area contributed by atoms with Crippen LogP contribution < -0.4 is 0 Å². The van der Waals surface area contributed by atoms with Crippen molar-refractivity contribution in [3.63, 3.8) is 0 Å². The number of aromatic amines is 1. The van der Waals surface area contributed by atoms with Crippen molar-refractivity contribution in [2.24, 2.45) is 7.05 Å². The van der Waals surface area contributed by atoms with Crippen LogP contribution in [0.25, 0.3) is 11.4 Å². The molecule has 0 atom stereocenters. The summed E-state index contributed by atoms with van der Waals surface area (Å²) >= 11 is 7.61. The zero-order valence-corrected chi connectivity index (χ0v) is 13.5. The third-order valence-electron chi connectivity index (χ3n) is 3.21. The van der Waals surface area contributed by atoms with Crippen molar-refractivity contribution in [2.75, 3.05) is 0 Å². The van der Waals surface area contributed by atoms with E-state index in [0.717, 1.165) is 11.3 Å². The normalized spacial score (nSPS) is 11.1. The van der Waals surface area contributed by atoms with E-state index in [1.807, 2.05) is 6.92 Å². The van der Waals surface area contributed by atoms with E-state index >= 15 is 0 Å². The molecular weight excluding hydrogens is 325 g/mol. The van der Waals surface area contributed by atoms with Crippen molar-refractivity contribution >= 4 is 23.4 Å². The second-order valence-corrected chi connectivity index (χ2v) is 6.01. The van der Waals surface area contributed by atoms with Gasteiger partial charge in [-0.3, -0.25) is 9.78 Å². The number of hydrogen-bond donors (Lipinski definition) is 1. The van der Waals surface area contributed by atoms with Crippen LogP contribution >= 0.6 is 23.4 Å². The lowest BCUT2D eigenvalue weighted by Crippen LogP contribution is -1.89. The molecule has 1 aromatic carbocycles. The quantitative estimate of drug-likeness (QED) is 0.739. The zero-order valence-electron chi connectivity index (χ0n) is 12.0. The van der Waals surface area contributed by atoms with Crippen LogP contribution in [0.5, 0.6) is 0 Å². The fourth-order valence-electron chi connectivity index (χ4n) is 2.06. The lowest BCUT2D eigenvalue weighted by Gasteiger charge is -1.98. The van der Waals surface area contributed by atoms with Crippen molar-refractivity contribution in [1.29, 1.82) is 0 Å². The van der Waals surface area contributed by atoms with Gasteiger partial charge in [0.1, 0.15) is 11.0 Å². The average Bonchev–Trinajstić information content (AvgIpc) is 3.04. The fraction of sp³-hybridized carbons (Fsp3) is 0.214. The Hall–Kier alpha value is -1.86. The van der Waals surface area contributed by atoms with Crippen LogP contribution in [0.2, 0.25) is 5.15 Å². The van der Waals surface area contributed by atoms with Gasteiger partial charge >= 0.3 is 0 Å². The molecule has 2 aromatic heterocycles. The van der Waals surface area contributed by atoms with Crippen LogP contribution in [0.3, 0.4) is 0 Å². The molecule has 0 aliphatic carbocycles. The van der Waals surface area contributed by atoms with Crippen LogP contribution in [0, 0.1) is 12.7 Å². The smallest absolute Gasteiger partial charge is 0.209 e. The molecule has 2 heterocycles. The Labute approximate surface area is 135 Å². The molecule has 8 heteroatoms. The minimum absolute atomic E-state index is 0.332. The third kappa shape index (κ3) is 2.86. The van der Waals surface area contributed by atoms with E-state index in [-0.39, 0.29) is 5.82 Å². The number of thioether (sulfide) groups is 1. The Morgan fingerprint density at radius 2 is 2.14 bits per heavy atom. The van der Waals surface area contributed by atoms with Crippen LogP contribution in [-0.4, -0.2) is 25.0 Å². The standard InChI is InChI=1S/C14H13ClFN5S/c1-8-10(12(15)21(2)20-8)7-22-14-17-13(18-19-14)9-5-3-4-6-11(9)16/h3-6H,7H2,1-2H3,(H,17,18,19). The number of aryl methyl sites for hydroxylation is 2. The summed E-state index contributed by atoms with van der Waals surface area (Å²) in [5.74, 6) is 0.684. The van der Waals surface area contributed by atoms with Crippen LogP contribution in [0.15, 0.2) is 29.4 Å². The van der Waals surface area contributed by atoms with Crippen molar-refractivity contribution in [3.05, 3.63) is 46.5 Å². The summed E-state index contributed by atoms with van der Waals surface area (Å²) in [4.78, 5) is 4.31. The number of aromatic nitrogens is 5. The van der Waals surface area contributed by atoms with Gasteiger partial charge in [-0.05, 0) is 19.1 Å². The van der Waals surface area contributed by atoms with Crippen LogP contribution in [0.1, 0.15) is 11.3 Å². The van der Waals surface area contributed by atoms with Gasteiger partial charge in [-0.25, -0.2) is 9.37 Å². The lowest BCUT2D eigenvalue weighted by atomic mass is 10.2. The van der Waals surface area contributed by atoms with E-state index in [0.29, 0.717) is 27.5 Å². The minimum Gasteiger partial charge on any atom is -0.258 e. The van der Waals surface area contributed by atoms with E-state index in [2.05, 4.69) is 20.3 Å². The summed E-state index contributed by atoms with van der Waals surface area (Å²) in [6.07, 6.45) is 0. The molecule has 0 saturated carbocycles. The van der Waals surface area contributed by atoms with E-state index in [1.165, 1.54) is 17.8 Å². The van der Waals surface area contributed by atoms with E-state index in [1.54, 1.807) is 29.9 Å². The van der Waals surface area contributed by atoms with E-state index < -0.39 is 0 Å². The summed E-state index contributed by atoms with van der Waals surface area (Å²) in [6, 6.07) is 6.44. The van der Waals surface area contributed by atoms with Crippen molar-refractivity contribution in [1.82, 2.24) is 25.0 Å². The SMILES string of the molecule is Cc1nn(C)c(Cl)c1CSc1n[nH]c(-c2ccccc2F)n1. The molecule has 0 amide bonds. The molecule has 0 aliphatic rings. The van der Waals surface area contributed by atoms with Crippen molar-refractivity contribution in [2.45, 2.75) is 17.8 Å². The molecule has 0 bridgehead atoms. The first-order chi connectivity index (χ1) is 10.6. The average molecular weight is 338 g/mol. The highest BCUT2D eigenvalue weighted by molar-refractivity contribution is 7.98.